The van der Waals surface area contributed by atoms with E-state index in [0.717, 1.165) is 16.3 Å². The Labute approximate surface area is 251 Å². The van der Waals surface area contributed by atoms with Crippen LogP contribution in [0, 0.1) is 5.41 Å². The minimum absolute atomic E-state index is 0. The lowest BCUT2D eigenvalue weighted by molar-refractivity contribution is -0.120. The number of rotatable bonds is 10. The van der Waals surface area contributed by atoms with E-state index in [2.05, 4.69) is 10.6 Å². The van der Waals surface area contributed by atoms with Crippen molar-refractivity contribution in [1.29, 1.82) is 5.41 Å². The van der Waals surface area contributed by atoms with Gasteiger partial charge in [-0.15, -0.1) is 12.4 Å². The number of benzene rings is 5. The van der Waals surface area contributed by atoms with Crippen molar-refractivity contribution in [3.63, 3.8) is 0 Å². The van der Waals surface area contributed by atoms with Crippen molar-refractivity contribution in [2.24, 2.45) is 5.73 Å². The third-order valence-corrected chi connectivity index (χ3v) is 7.06. The number of carbonyl (C=O) groups is 1. The molecule has 1 atom stereocenters. The van der Waals surface area contributed by atoms with Gasteiger partial charge >= 0.3 is 0 Å². The first kappa shape index (κ1) is 30.0. The Kier molecular flexibility index (Phi) is 9.35. The minimum Gasteiger partial charge on any atom is -0.493 e. The molecule has 0 unspecified atom stereocenters. The largest absolute Gasteiger partial charge is 0.493 e. The number of nitrogen functional groups attached to an aromatic ring is 1. The number of carbonyl (C=O) groups excluding carboxylic acids is 1. The van der Waals surface area contributed by atoms with Crippen LogP contribution in [-0.2, 0) is 16.9 Å². The monoisotopic (exact) mass is 580 g/mol. The second kappa shape index (κ2) is 13.1. The highest BCUT2D eigenvalue weighted by molar-refractivity contribution is 6.06. The summed E-state index contributed by atoms with van der Waals surface area (Å²) in [7, 11) is 1.58. The molecule has 0 heterocycles. The third kappa shape index (κ3) is 6.48. The molecular weight excluding hydrogens is 548 g/mol. The number of nitrogens with two attached hydrogens (primary N) is 1. The third-order valence-electron chi connectivity index (χ3n) is 7.06. The maximum atomic E-state index is 14.2. The Bertz CT molecular complexity index is 1690. The molecule has 42 heavy (non-hydrogen) atoms. The van der Waals surface area contributed by atoms with Crippen molar-refractivity contribution in [2.45, 2.75) is 19.1 Å². The Morgan fingerprint density at radius 1 is 0.857 bits per heavy atom. The Hall–Kier alpha value is -5.01. The lowest BCUT2D eigenvalue weighted by Crippen LogP contribution is -2.44. The summed E-state index contributed by atoms with van der Waals surface area (Å²) in [6.07, 6.45) is 0. The van der Waals surface area contributed by atoms with Gasteiger partial charge in [-0.05, 0) is 65.9 Å². The molecule has 5 rings (SSSR count). The zero-order valence-corrected chi connectivity index (χ0v) is 24.2. The lowest BCUT2D eigenvalue weighted by atomic mass is 9.89. The standard InChI is InChI=1S/C34H32N4O3.ClH/c1-34(38-27-18-15-25(16-19-27)32(35)36,33(39)37-29-14-8-12-24-11-6-7-13-28(24)29)26-17-20-30(31(21-26)40-2)41-22-23-9-4-3-5-10-23;/h3-21,38H,22H2,1-2H3,(H3,35,36)(H,37,39);1H/t34-;/m0./s1. The SMILES string of the molecule is COc1cc([C@](C)(Nc2ccc(C(=N)N)cc2)C(=O)Nc2cccc3ccccc23)ccc1OCc1ccccc1.Cl. The molecule has 7 nitrogen and oxygen atoms in total. The number of amidine groups is 1. The molecule has 0 aromatic heterocycles. The van der Waals surface area contributed by atoms with Gasteiger partial charge in [0.15, 0.2) is 11.5 Å². The molecule has 5 N–H and O–H groups in total. The first-order chi connectivity index (χ1) is 19.9. The number of nitrogens with one attached hydrogen (secondary N) is 3. The maximum absolute atomic E-state index is 14.2. The summed E-state index contributed by atoms with van der Waals surface area (Å²) in [5.41, 5.74) is 8.13. The fourth-order valence-corrected chi connectivity index (χ4v) is 4.70. The van der Waals surface area contributed by atoms with Crippen LogP contribution in [0.3, 0.4) is 0 Å². The van der Waals surface area contributed by atoms with E-state index in [1.807, 2.05) is 97.9 Å². The molecule has 0 aliphatic carbocycles. The van der Waals surface area contributed by atoms with Crippen molar-refractivity contribution in [2.75, 3.05) is 17.7 Å². The van der Waals surface area contributed by atoms with E-state index in [0.29, 0.717) is 40.6 Å². The smallest absolute Gasteiger partial charge is 0.254 e. The fraction of sp³-hybridized carbons (Fsp3) is 0.118. The molecule has 0 saturated heterocycles. The lowest BCUT2D eigenvalue weighted by Gasteiger charge is -2.32. The summed E-state index contributed by atoms with van der Waals surface area (Å²) < 4.78 is 11.8. The van der Waals surface area contributed by atoms with Gasteiger partial charge in [0, 0.05) is 22.3 Å². The zero-order chi connectivity index (χ0) is 28.8. The van der Waals surface area contributed by atoms with Crippen LogP contribution in [0.15, 0.2) is 115 Å². The van der Waals surface area contributed by atoms with Gasteiger partial charge in [0.1, 0.15) is 18.0 Å². The number of fused-ring (bicyclic) bond motifs is 1. The van der Waals surface area contributed by atoms with Gasteiger partial charge in [-0.1, -0.05) is 72.8 Å². The molecule has 8 heteroatoms. The Balaban J connectivity index is 0.00000405. The van der Waals surface area contributed by atoms with Crippen molar-refractivity contribution >= 4 is 46.3 Å². The van der Waals surface area contributed by atoms with E-state index in [-0.39, 0.29) is 24.1 Å². The van der Waals surface area contributed by atoms with E-state index in [9.17, 15) is 4.79 Å². The van der Waals surface area contributed by atoms with Crippen molar-refractivity contribution in [3.8, 4) is 11.5 Å². The molecule has 0 aliphatic heterocycles. The van der Waals surface area contributed by atoms with E-state index in [1.54, 1.807) is 31.4 Å². The van der Waals surface area contributed by atoms with Crippen LogP contribution >= 0.6 is 12.4 Å². The highest BCUT2D eigenvalue weighted by atomic mass is 35.5. The number of hydrogen-bond donors (Lipinski definition) is 4. The molecule has 0 aliphatic rings. The fourth-order valence-electron chi connectivity index (χ4n) is 4.70. The van der Waals surface area contributed by atoms with Gasteiger partial charge < -0.3 is 25.8 Å². The van der Waals surface area contributed by atoms with Crippen molar-refractivity contribution < 1.29 is 14.3 Å². The molecule has 1 amide bonds. The summed E-state index contributed by atoms with van der Waals surface area (Å²) in [5, 5.41) is 16.2. The number of anilines is 2. The summed E-state index contributed by atoms with van der Waals surface area (Å²) in [6, 6.07) is 36.2. The van der Waals surface area contributed by atoms with E-state index in [1.165, 1.54) is 0 Å². The van der Waals surface area contributed by atoms with Crippen LogP contribution in [0.2, 0.25) is 0 Å². The second-order valence-corrected chi connectivity index (χ2v) is 9.86. The zero-order valence-electron chi connectivity index (χ0n) is 23.4. The van der Waals surface area contributed by atoms with Crippen molar-refractivity contribution in [3.05, 3.63) is 132 Å². The topological polar surface area (TPSA) is 109 Å². The highest BCUT2D eigenvalue weighted by Crippen LogP contribution is 2.36. The number of halogens is 1. The van der Waals surface area contributed by atoms with E-state index in [4.69, 9.17) is 20.6 Å². The number of hydrogen-bond acceptors (Lipinski definition) is 5. The molecular formula is C34H33ClN4O3. The molecule has 5 aromatic rings. The van der Waals surface area contributed by atoms with Gasteiger partial charge in [-0.3, -0.25) is 10.2 Å². The number of amides is 1. The molecule has 0 radical (unpaired) electrons. The van der Waals surface area contributed by atoms with Gasteiger partial charge in [0.05, 0.1) is 7.11 Å². The van der Waals surface area contributed by atoms with Crippen LogP contribution in [0.4, 0.5) is 11.4 Å². The number of ether oxygens (including phenoxy) is 2. The molecule has 0 spiro atoms. The van der Waals surface area contributed by atoms with Gasteiger partial charge in [0.25, 0.3) is 5.91 Å². The number of methoxy groups -OCH3 is 1. The van der Waals surface area contributed by atoms with Crippen LogP contribution in [0.25, 0.3) is 10.8 Å². The van der Waals surface area contributed by atoms with Gasteiger partial charge in [0.2, 0.25) is 0 Å². The van der Waals surface area contributed by atoms with Crippen LogP contribution in [0.1, 0.15) is 23.6 Å². The van der Waals surface area contributed by atoms with Crippen LogP contribution in [-0.4, -0.2) is 18.9 Å². The van der Waals surface area contributed by atoms with Crippen LogP contribution in [0.5, 0.6) is 11.5 Å². The van der Waals surface area contributed by atoms with E-state index >= 15 is 0 Å². The maximum Gasteiger partial charge on any atom is 0.254 e. The summed E-state index contributed by atoms with van der Waals surface area (Å²) in [6.45, 7) is 2.21. The van der Waals surface area contributed by atoms with Crippen molar-refractivity contribution in [1.82, 2.24) is 0 Å². The second-order valence-electron chi connectivity index (χ2n) is 9.86. The minimum atomic E-state index is -1.22. The summed E-state index contributed by atoms with van der Waals surface area (Å²) >= 11 is 0. The average Bonchev–Trinajstić information content (AvgIpc) is 3.00. The quantitative estimate of drug-likeness (QED) is 0.104. The Morgan fingerprint density at radius 3 is 2.26 bits per heavy atom. The highest BCUT2D eigenvalue weighted by Gasteiger charge is 2.36. The summed E-state index contributed by atoms with van der Waals surface area (Å²) in [4.78, 5) is 14.2. The average molecular weight is 581 g/mol. The van der Waals surface area contributed by atoms with E-state index < -0.39 is 5.54 Å². The predicted octanol–water partition coefficient (Wildman–Crippen LogP) is 7.10. The van der Waals surface area contributed by atoms with Crippen LogP contribution < -0.4 is 25.8 Å². The molecule has 0 bridgehead atoms. The molecule has 5 aromatic carbocycles. The Morgan fingerprint density at radius 2 is 1.55 bits per heavy atom. The predicted molar refractivity (Wildman–Crippen MR) is 172 cm³/mol. The summed E-state index contributed by atoms with van der Waals surface area (Å²) in [5.74, 6) is 0.799. The molecule has 0 fully saturated rings. The molecule has 0 saturated carbocycles. The normalized spacial score (nSPS) is 12.0. The van der Waals surface area contributed by atoms with Gasteiger partial charge in [-0.2, -0.15) is 0 Å². The van der Waals surface area contributed by atoms with Gasteiger partial charge in [-0.25, -0.2) is 0 Å². The first-order valence-corrected chi connectivity index (χ1v) is 13.2. The molecule has 214 valence electrons. The first-order valence-electron chi connectivity index (χ1n) is 13.2.